The molecule has 3 rings (SSSR count). The van der Waals surface area contributed by atoms with Gasteiger partial charge < -0.3 is 9.67 Å². The van der Waals surface area contributed by atoms with Crippen molar-refractivity contribution in [3.63, 3.8) is 0 Å². The first-order valence-corrected chi connectivity index (χ1v) is 8.50. The summed E-state index contributed by atoms with van der Waals surface area (Å²) in [6, 6.07) is 5.65. The lowest BCUT2D eigenvalue weighted by Crippen LogP contribution is -2.04. The Kier molecular flexibility index (Phi) is 4.40. The maximum atomic E-state index is 10.8. The highest BCUT2D eigenvalue weighted by Crippen LogP contribution is 2.34. The Labute approximate surface area is 132 Å². The van der Waals surface area contributed by atoms with E-state index in [1.807, 2.05) is 18.2 Å². The van der Waals surface area contributed by atoms with Crippen LogP contribution in [0.3, 0.4) is 0 Å². The van der Waals surface area contributed by atoms with Crippen molar-refractivity contribution in [1.29, 1.82) is 0 Å². The third-order valence-corrected chi connectivity index (χ3v) is 4.89. The Balaban J connectivity index is 1.83. The van der Waals surface area contributed by atoms with Crippen LogP contribution in [-0.2, 0) is 11.3 Å². The standard InChI is InChI=1S/C15H17ClN2O2S/c16-11-5-6-13-12(8-11)17-15(21-9-14(19)20)18(13)7-1-2-10-3-4-10/h5-6,8,10H,1-4,7,9H2,(H,19,20). The quantitative estimate of drug-likeness (QED) is 0.780. The number of aliphatic carboxylic acids is 1. The number of hydrogen-bond acceptors (Lipinski definition) is 3. The number of carbonyl (C=O) groups is 1. The van der Waals surface area contributed by atoms with E-state index >= 15 is 0 Å². The Bertz CT molecular complexity index is 667. The third kappa shape index (κ3) is 3.71. The number of thioether (sulfide) groups is 1. The van der Waals surface area contributed by atoms with Gasteiger partial charge in [0, 0.05) is 11.6 Å². The van der Waals surface area contributed by atoms with Gasteiger partial charge in [-0.05, 0) is 37.0 Å². The second kappa shape index (κ2) is 6.28. The molecule has 0 aliphatic heterocycles. The fourth-order valence-corrected chi connectivity index (χ4v) is 3.41. The van der Waals surface area contributed by atoms with Gasteiger partial charge in [0.15, 0.2) is 5.16 Å². The minimum atomic E-state index is -0.824. The lowest BCUT2D eigenvalue weighted by molar-refractivity contribution is -0.133. The fraction of sp³-hybridized carbons (Fsp3) is 0.467. The van der Waals surface area contributed by atoms with Gasteiger partial charge in [-0.3, -0.25) is 4.79 Å². The average molecular weight is 325 g/mol. The number of halogens is 1. The van der Waals surface area contributed by atoms with Crippen LogP contribution >= 0.6 is 23.4 Å². The molecule has 21 heavy (non-hydrogen) atoms. The van der Waals surface area contributed by atoms with Gasteiger partial charge in [0.05, 0.1) is 16.8 Å². The smallest absolute Gasteiger partial charge is 0.313 e. The molecule has 0 unspecified atom stereocenters. The fourth-order valence-electron chi connectivity index (χ4n) is 2.48. The monoisotopic (exact) mass is 324 g/mol. The molecule has 0 atom stereocenters. The first kappa shape index (κ1) is 14.7. The van der Waals surface area contributed by atoms with Crippen molar-refractivity contribution >= 4 is 40.4 Å². The zero-order chi connectivity index (χ0) is 14.8. The zero-order valence-corrected chi connectivity index (χ0v) is 13.2. The maximum Gasteiger partial charge on any atom is 0.313 e. The van der Waals surface area contributed by atoms with Crippen molar-refractivity contribution in [3.8, 4) is 0 Å². The highest BCUT2D eigenvalue weighted by atomic mass is 35.5. The number of imidazole rings is 1. The van der Waals surface area contributed by atoms with Crippen LogP contribution in [0.4, 0.5) is 0 Å². The Hall–Kier alpha value is -1.20. The van der Waals surface area contributed by atoms with Gasteiger partial charge in [-0.25, -0.2) is 4.98 Å². The van der Waals surface area contributed by atoms with Crippen LogP contribution in [0.15, 0.2) is 23.4 Å². The minimum Gasteiger partial charge on any atom is -0.481 e. The van der Waals surface area contributed by atoms with E-state index in [1.165, 1.54) is 31.0 Å². The van der Waals surface area contributed by atoms with Gasteiger partial charge >= 0.3 is 5.97 Å². The summed E-state index contributed by atoms with van der Waals surface area (Å²) >= 11 is 7.28. The van der Waals surface area contributed by atoms with E-state index in [0.717, 1.165) is 35.1 Å². The molecule has 4 nitrogen and oxygen atoms in total. The number of benzene rings is 1. The molecule has 1 N–H and O–H groups in total. The highest BCUT2D eigenvalue weighted by molar-refractivity contribution is 7.99. The number of fused-ring (bicyclic) bond motifs is 1. The lowest BCUT2D eigenvalue weighted by atomic mass is 10.2. The van der Waals surface area contributed by atoms with E-state index in [4.69, 9.17) is 16.7 Å². The van der Waals surface area contributed by atoms with Gasteiger partial charge in [-0.2, -0.15) is 0 Å². The molecular weight excluding hydrogens is 308 g/mol. The van der Waals surface area contributed by atoms with Gasteiger partial charge in [-0.15, -0.1) is 0 Å². The molecule has 1 fully saturated rings. The van der Waals surface area contributed by atoms with E-state index in [1.54, 1.807) is 0 Å². The molecule has 1 saturated carbocycles. The summed E-state index contributed by atoms with van der Waals surface area (Å²) < 4.78 is 2.13. The molecule has 1 heterocycles. The number of carboxylic acid groups (broad SMARTS) is 1. The Morgan fingerprint density at radius 2 is 2.29 bits per heavy atom. The predicted molar refractivity (Wildman–Crippen MR) is 85.1 cm³/mol. The van der Waals surface area contributed by atoms with Crippen molar-refractivity contribution in [2.75, 3.05) is 5.75 Å². The van der Waals surface area contributed by atoms with Crippen molar-refractivity contribution in [1.82, 2.24) is 9.55 Å². The molecular formula is C15H17ClN2O2S. The molecule has 0 amide bonds. The summed E-state index contributed by atoms with van der Waals surface area (Å²) in [5.41, 5.74) is 1.87. The van der Waals surface area contributed by atoms with Crippen molar-refractivity contribution < 1.29 is 9.90 Å². The molecule has 6 heteroatoms. The number of aryl methyl sites for hydroxylation is 1. The second-order valence-corrected chi connectivity index (χ2v) is 6.83. The highest BCUT2D eigenvalue weighted by Gasteiger charge is 2.21. The number of nitrogens with zero attached hydrogens (tertiary/aromatic N) is 2. The maximum absolute atomic E-state index is 10.8. The van der Waals surface area contributed by atoms with Crippen LogP contribution in [0.25, 0.3) is 11.0 Å². The summed E-state index contributed by atoms with van der Waals surface area (Å²) in [4.78, 5) is 15.3. The van der Waals surface area contributed by atoms with E-state index < -0.39 is 5.97 Å². The molecule has 0 bridgehead atoms. The number of aromatic nitrogens is 2. The summed E-state index contributed by atoms with van der Waals surface area (Å²) in [5, 5.41) is 10.3. The minimum absolute atomic E-state index is 0.0275. The van der Waals surface area contributed by atoms with E-state index in [-0.39, 0.29) is 5.75 Å². The number of rotatable bonds is 7. The van der Waals surface area contributed by atoms with Crippen LogP contribution in [0.2, 0.25) is 5.02 Å². The summed E-state index contributed by atoms with van der Waals surface area (Å²) in [6.07, 6.45) is 5.08. The molecule has 0 spiro atoms. The van der Waals surface area contributed by atoms with Gasteiger partial charge in [-0.1, -0.05) is 36.2 Å². The van der Waals surface area contributed by atoms with Gasteiger partial charge in [0.1, 0.15) is 0 Å². The lowest BCUT2D eigenvalue weighted by Gasteiger charge is -2.08. The normalized spacial score (nSPS) is 14.7. The van der Waals surface area contributed by atoms with Crippen molar-refractivity contribution in [3.05, 3.63) is 23.2 Å². The predicted octanol–water partition coefficient (Wildman–Crippen LogP) is 4.06. The summed E-state index contributed by atoms with van der Waals surface area (Å²) in [5.74, 6) is 0.110. The van der Waals surface area contributed by atoms with Crippen LogP contribution in [0, 0.1) is 5.92 Å². The molecule has 2 aromatic rings. The van der Waals surface area contributed by atoms with E-state index in [0.29, 0.717) is 5.02 Å². The first-order valence-electron chi connectivity index (χ1n) is 7.14. The van der Waals surface area contributed by atoms with E-state index in [2.05, 4.69) is 9.55 Å². The van der Waals surface area contributed by atoms with Crippen LogP contribution in [0.5, 0.6) is 0 Å². The molecule has 1 aromatic carbocycles. The largest absolute Gasteiger partial charge is 0.481 e. The summed E-state index contributed by atoms with van der Waals surface area (Å²) in [7, 11) is 0. The molecule has 1 aliphatic rings. The molecule has 1 aliphatic carbocycles. The second-order valence-electron chi connectivity index (χ2n) is 5.45. The molecule has 112 valence electrons. The molecule has 0 saturated heterocycles. The first-order chi connectivity index (χ1) is 10.1. The SMILES string of the molecule is O=C(O)CSc1nc2cc(Cl)ccc2n1CCCC1CC1. The van der Waals surface area contributed by atoms with E-state index in [9.17, 15) is 4.79 Å². The number of carboxylic acids is 1. The summed E-state index contributed by atoms with van der Waals surface area (Å²) in [6.45, 7) is 0.886. The average Bonchev–Trinajstić information content (AvgIpc) is 3.19. The Morgan fingerprint density at radius 1 is 1.48 bits per heavy atom. The van der Waals surface area contributed by atoms with Crippen molar-refractivity contribution in [2.24, 2.45) is 5.92 Å². The topological polar surface area (TPSA) is 55.1 Å². The van der Waals surface area contributed by atoms with Crippen LogP contribution in [-0.4, -0.2) is 26.4 Å². The van der Waals surface area contributed by atoms with Gasteiger partial charge in [0.25, 0.3) is 0 Å². The number of hydrogen-bond donors (Lipinski definition) is 1. The van der Waals surface area contributed by atoms with Gasteiger partial charge in [0.2, 0.25) is 0 Å². The molecule has 0 radical (unpaired) electrons. The Morgan fingerprint density at radius 3 is 3.00 bits per heavy atom. The molecule has 1 aromatic heterocycles. The van der Waals surface area contributed by atoms with Crippen molar-refractivity contribution in [2.45, 2.75) is 37.4 Å². The third-order valence-electron chi connectivity index (χ3n) is 3.69. The van der Waals surface area contributed by atoms with Crippen LogP contribution in [0.1, 0.15) is 25.7 Å². The zero-order valence-electron chi connectivity index (χ0n) is 11.6. The van der Waals surface area contributed by atoms with Crippen LogP contribution < -0.4 is 0 Å².